The Labute approximate surface area is 77.2 Å². The van der Waals surface area contributed by atoms with Gasteiger partial charge in [-0.25, -0.2) is 9.97 Å². The van der Waals surface area contributed by atoms with E-state index in [-0.39, 0.29) is 6.10 Å². The van der Waals surface area contributed by atoms with E-state index in [2.05, 4.69) is 9.97 Å². The predicted octanol–water partition coefficient (Wildman–Crippen LogP) is 0.438. The van der Waals surface area contributed by atoms with Crippen LogP contribution in [0.3, 0.4) is 0 Å². The quantitative estimate of drug-likeness (QED) is 0.679. The fourth-order valence-corrected chi connectivity index (χ4v) is 1.59. The number of rotatable bonds is 1. The maximum atomic E-state index is 9.44. The zero-order chi connectivity index (χ0) is 9.10. The lowest BCUT2D eigenvalue weighted by atomic mass is 10.1. The molecule has 0 saturated carbocycles. The van der Waals surface area contributed by atoms with Gasteiger partial charge < -0.3 is 10.0 Å². The minimum absolute atomic E-state index is 0.224. The molecule has 0 spiro atoms. The van der Waals surface area contributed by atoms with Crippen molar-refractivity contribution in [3.05, 3.63) is 18.5 Å². The number of piperidine rings is 1. The molecule has 4 nitrogen and oxygen atoms in total. The van der Waals surface area contributed by atoms with Crippen LogP contribution in [-0.2, 0) is 0 Å². The van der Waals surface area contributed by atoms with Gasteiger partial charge in [0.05, 0.1) is 6.10 Å². The molecule has 4 heteroatoms. The van der Waals surface area contributed by atoms with Crippen LogP contribution in [0.4, 0.5) is 5.95 Å². The summed E-state index contributed by atoms with van der Waals surface area (Å²) in [6.45, 7) is 1.60. The Morgan fingerprint density at radius 1 is 1.38 bits per heavy atom. The van der Waals surface area contributed by atoms with E-state index in [1.54, 1.807) is 18.5 Å². The van der Waals surface area contributed by atoms with Gasteiger partial charge >= 0.3 is 0 Å². The van der Waals surface area contributed by atoms with Crippen LogP contribution in [-0.4, -0.2) is 34.3 Å². The van der Waals surface area contributed by atoms with E-state index in [0.717, 1.165) is 25.3 Å². The van der Waals surface area contributed by atoms with Crippen molar-refractivity contribution in [2.24, 2.45) is 0 Å². The highest BCUT2D eigenvalue weighted by atomic mass is 16.3. The third-order valence-corrected chi connectivity index (χ3v) is 2.23. The molecule has 1 atom stereocenters. The summed E-state index contributed by atoms with van der Waals surface area (Å²) in [7, 11) is 0. The van der Waals surface area contributed by atoms with Crippen LogP contribution in [0.5, 0.6) is 0 Å². The zero-order valence-electron chi connectivity index (χ0n) is 7.43. The van der Waals surface area contributed by atoms with Crippen molar-refractivity contribution in [1.29, 1.82) is 0 Å². The Bertz CT molecular complexity index is 265. The zero-order valence-corrected chi connectivity index (χ0v) is 7.43. The monoisotopic (exact) mass is 179 g/mol. The molecule has 2 rings (SSSR count). The van der Waals surface area contributed by atoms with Crippen molar-refractivity contribution in [2.75, 3.05) is 18.0 Å². The largest absolute Gasteiger partial charge is 0.391 e. The summed E-state index contributed by atoms with van der Waals surface area (Å²) in [6.07, 6.45) is 5.13. The highest BCUT2D eigenvalue weighted by Gasteiger charge is 2.18. The lowest BCUT2D eigenvalue weighted by Crippen LogP contribution is -2.39. The molecule has 2 heterocycles. The van der Waals surface area contributed by atoms with Crippen LogP contribution >= 0.6 is 0 Å². The van der Waals surface area contributed by atoms with Gasteiger partial charge in [-0.15, -0.1) is 0 Å². The maximum Gasteiger partial charge on any atom is 0.225 e. The molecule has 13 heavy (non-hydrogen) atoms. The molecule has 1 aromatic heterocycles. The van der Waals surface area contributed by atoms with Gasteiger partial charge in [-0.05, 0) is 18.9 Å². The molecule has 1 aromatic rings. The topological polar surface area (TPSA) is 49.2 Å². The van der Waals surface area contributed by atoms with E-state index in [0.29, 0.717) is 6.54 Å². The first kappa shape index (κ1) is 8.44. The Kier molecular flexibility index (Phi) is 2.40. The second kappa shape index (κ2) is 3.70. The van der Waals surface area contributed by atoms with Crippen molar-refractivity contribution in [3.8, 4) is 0 Å². The Hall–Kier alpha value is -1.16. The number of hydrogen-bond donors (Lipinski definition) is 1. The van der Waals surface area contributed by atoms with E-state index >= 15 is 0 Å². The molecule has 0 radical (unpaired) electrons. The molecule has 1 aliphatic heterocycles. The molecule has 1 N–H and O–H groups in total. The molecule has 1 unspecified atom stereocenters. The number of hydrogen-bond acceptors (Lipinski definition) is 4. The third-order valence-electron chi connectivity index (χ3n) is 2.23. The molecule has 0 amide bonds. The lowest BCUT2D eigenvalue weighted by molar-refractivity contribution is 0.153. The standard InChI is InChI=1S/C9H13N3O/c13-8-3-1-6-12(7-8)9-10-4-2-5-11-9/h2,4-5,8,13H,1,3,6-7H2. The average molecular weight is 179 g/mol. The molecular weight excluding hydrogens is 166 g/mol. The van der Waals surface area contributed by atoms with Crippen molar-refractivity contribution < 1.29 is 5.11 Å². The van der Waals surface area contributed by atoms with E-state index in [1.807, 2.05) is 4.90 Å². The summed E-state index contributed by atoms with van der Waals surface area (Å²) in [5.74, 6) is 0.723. The predicted molar refractivity (Wildman–Crippen MR) is 49.5 cm³/mol. The molecule has 0 aromatic carbocycles. The Morgan fingerprint density at radius 2 is 2.15 bits per heavy atom. The Balaban J connectivity index is 2.08. The number of nitrogens with zero attached hydrogens (tertiary/aromatic N) is 3. The van der Waals surface area contributed by atoms with Gasteiger partial charge in [-0.2, -0.15) is 0 Å². The van der Waals surface area contributed by atoms with Crippen LogP contribution in [0.1, 0.15) is 12.8 Å². The molecule has 0 aliphatic carbocycles. The van der Waals surface area contributed by atoms with Gasteiger partial charge in [0.1, 0.15) is 0 Å². The van der Waals surface area contributed by atoms with Crippen molar-refractivity contribution in [3.63, 3.8) is 0 Å². The SMILES string of the molecule is OC1CCCN(c2ncccn2)C1. The van der Waals surface area contributed by atoms with E-state index in [1.165, 1.54) is 0 Å². The van der Waals surface area contributed by atoms with Gasteiger partial charge in [0, 0.05) is 25.5 Å². The van der Waals surface area contributed by atoms with Crippen LogP contribution < -0.4 is 4.90 Å². The normalized spacial score (nSPS) is 23.2. The summed E-state index contributed by atoms with van der Waals surface area (Å²) < 4.78 is 0. The minimum Gasteiger partial charge on any atom is -0.391 e. The molecule has 0 bridgehead atoms. The van der Waals surface area contributed by atoms with Crippen LogP contribution in [0, 0.1) is 0 Å². The number of aliphatic hydroxyl groups is 1. The average Bonchev–Trinajstić information content (AvgIpc) is 2.19. The van der Waals surface area contributed by atoms with Gasteiger partial charge in [0.2, 0.25) is 5.95 Å². The van der Waals surface area contributed by atoms with Crippen molar-refractivity contribution in [2.45, 2.75) is 18.9 Å². The number of aromatic nitrogens is 2. The van der Waals surface area contributed by atoms with E-state index in [9.17, 15) is 5.11 Å². The van der Waals surface area contributed by atoms with Crippen LogP contribution in [0.25, 0.3) is 0 Å². The minimum atomic E-state index is -0.224. The molecular formula is C9H13N3O. The van der Waals surface area contributed by atoms with E-state index in [4.69, 9.17) is 0 Å². The third kappa shape index (κ3) is 1.95. The van der Waals surface area contributed by atoms with Gasteiger partial charge in [-0.1, -0.05) is 0 Å². The first-order valence-electron chi connectivity index (χ1n) is 4.56. The van der Waals surface area contributed by atoms with E-state index < -0.39 is 0 Å². The number of β-amino-alcohol motifs (C(OH)–C–C–N with tert-alkyl or cyclic N) is 1. The smallest absolute Gasteiger partial charge is 0.225 e. The molecule has 1 saturated heterocycles. The summed E-state index contributed by atoms with van der Waals surface area (Å²) in [6, 6.07) is 1.80. The fraction of sp³-hybridized carbons (Fsp3) is 0.556. The van der Waals surface area contributed by atoms with Crippen LogP contribution in [0.2, 0.25) is 0 Å². The second-order valence-corrected chi connectivity index (χ2v) is 3.29. The number of aliphatic hydroxyl groups excluding tert-OH is 1. The Morgan fingerprint density at radius 3 is 2.85 bits per heavy atom. The van der Waals surface area contributed by atoms with Crippen LogP contribution in [0.15, 0.2) is 18.5 Å². The highest BCUT2D eigenvalue weighted by Crippen LogP contribution is 2.14. The first-order valence-corrected chi connectivity index (χ1v) is 4.56. The lowest BCUT2D eigenvalue weighted by Gasteiger charge is -2.29. The second-order valence-electron chi connectivity index (χ2n) is 3.29. The fourth-order valence-electron chi connectivity index (χ4n) is 1.59. The van der Waals surface area contributed by atoms with Gasteiger partial charge in [0.15, 0.2) is 0 Å². The van der Waals surface area contributed by atoms with Crippen molar-refractivity contribution in [1.82, 2.24) is 9.97 Å². The summed E-state index contributed by atoms with van der Waals surface area (Å²) in [4.78, 5) is 10.3. The highest BCUT2D eigenvalue weighted by molar-refractivity contribution is 5.29. The summed E-state index contributed by atoms with van der Waals surface area (Å²) in [5.41, 5.74) is 0. The first-order chi connectivity index (χ1) is 6.36. The summed E-state index contributed by atoms with van der Waals surface area (Å²) in [5, 5.41) is 9.44. The molecule has 70 valence electrons. The maximum absolute atomic E-state index is 9.44. The molecule has 1 fully saturated rings. The van der Waals surface area contributed by atoms with Crippen molar-refractivity contribution >= 4 is 5.95 Å². The van der Waals surface area contributed by atoms with Gasteiger partial charge in [0.25, 0.3) is 0 Å². The molecule has 1 aliphatic rings. The van der Waals surface area contributed by atoms with Gasteiger partial charge in [-0.3, -0.25) is 0 Å². The number of anilines is 1. The summed E-state index contributed by atoms with van der Waals surface area (Å²) >= 11 is 0.